The van der Waals surface area contributed by atoms with Gasteiger partial charge in [0.15, 0.2) is 5.65 Å². The van der Waals surface area contributed by atoms with Crippen LogP contribution in [0.2, 0.25) is 0 Å². The van der Waals surface area contributed by atoms with E-state index in [1.54, 1.807) is 15.6 Å². The van der Waals surface area contributed by atoms with E-state index in [1.807, 2.05) is 37.4 Å². The average Bonchev–Trinajstić information content (AvgIpc) is 3.26. The second kappa shape index (κ2) is 7.36. The van der Waals surface area contributed by atoms with Crippen molar-refractivity contribution in [2.75, 3.05) is 17.6 Å². The molecular weight excluding hydrogens is 354 g/mol. The van der Waals surface area contributed by atoms with Crippen LogP contribution in [0.5, 0.6) is 0 Å². The normalized spacial score (nSPS) is 10.9. The van der Waals surface area contributed by atoms with Crippen molar-refractivity contribution in [1.82, 2.24) is 29.5 Å². The molecule has 0 spiro atoms. The molecule has 0 saturated heterocycles. The Kier molecular flexibility index (Phi) is 4.60. The van der Waals surface area contributed by atoms with Gasteiger partial charge in [-0.3, -0.25) is 4.68 Å². The summed E-state index contributed by atoms with van der Waals surface area (Å²) in [4.78, 5) is 8.52. The van der Waals surface area contributed by atoms with Crippen LogP contribution in [0.25, 0.3) is 16.7 Å². The van der Waals surface area contributed by atoms with Gasteiger partial charge in [0.25, 0.3) is 0 Å². The van der Waals surface area contributed by atoms with Gasteiger partial charge in [-0.2, -0.15) is 15.5 Å². The van der Waals surface area contributed by atoms with Gasteiger partial charge in [0.05, 0.1) is 23.0 Å². The van der Waals surface area contributed by atoms with Gasteiger partial charge in [0.2, 0.25) is 0 Å². The van der Waals surface area contributed by atoms with E-state index in [4.69, 9.17) is 5.73 Å². The van der Waals surface area contributed by atoms with Crippen LogP contribution in [0.1, 0.15) is 17.7 Å². The summed E-state index contributed by atoms with van der Waals surface area (Å²) in [5.41, 5.74) is 8.88. The van der Waals surface area contributed by atoms with Crippen LogP contribution in [0.3, 0.4) is 0 Å². The van der Waals surface area contributed by atoms with Crippen LogP contribution >= 0.6 is 0 Å². The third-order valence-corrected chi connectivity index (χ3v) is 4.52. The summed E-state index contributed by atoms with van der Waals surface area (Å²) in [5, 5.41) is 22.4. The van der Waals surface area contributed by atoms with E-state index in [-0.39, 0.29) is 0 Å². The molecule has 0 amide bonds. The number of aromatic nitrogens is 6. The number of hydrogen-bond acceptors (Lipinski definition) is 7. The maximum Gasteiger partial charge on any atom is 0.163 e. The number of para-hydroxylation sites is 1. The molecule has 0 radical (unpaired) electrons. The standard InChI is InChI=1S/C19H19N9/c1-27-19-15(11-25-27)18(23-12-24-19)22-9-5-8-16-14(10-20)17(21)28(26-16)13-6-3-2-4-7-13/h2-4,6-7,11-12H,5,8-9,21H2,1H3,(H,22,23,24). The number of nitriles is 1. The van der Waals surface area contributed by atoms with E-state index < -0.39 is 0 Å². The Bertz CT molecular complexity index is 1150. The molecule has 0 atom stereocenters. The first kappa shape index (κ1) is 17.5. The maximum absolute atomic E-state index is 9.49. The highest BCUT2D eigenvalue weighted by atomic mass is 15.3. The van der Waals surface area contributed by atoms with E-state index in [9.17, 15) is 5.26 Å². The van der Waals surface area contributed by atoms with Gasteiger partial charge in [-0.1, -0.05) is 18.2 Å². The predicted molar refractivity (Wildman–Crippen MR) is 106 cm³/mol. The number of rotatable bonds is 6. The summed E-state index contributed by atoms with van der Waals surface area (Å²) in [7, 11) is 1.84. The molecule has 3 aromatic heterocycles. The fourth-order valence-corrected chi connectivity index (χ4v) is 3.11. The van der Waals surface area contributed by atoms with E-state index in [0.29, 0.717) is 30.0 Å². The Morgan fingerprint density at radius 3 is 2.82 bits per heavy atom. The van der Waals surface area contributed by atoms with Crippen LogP contribution in [-0.2, 0) is 13.5 Å². The first-order chi connectivity index (χ1) is 13.7. The van der Waals surface area contributed by atoms with Crippen molar-refractivity contribution in [1.29, 1.82) is 5.26 Å². The Hall–Kier alpha value is -3.93. The number of nitrogens with two attached hydrogens (primary N) is 1. The van der Waals surface area contributed by atoms with Crippen molar-refractivity contribution in [2.45, 2.75) is 12.8 Å². The third-order valence-electron chi connectivity index (χ3n) is 4.52. The Morgan fingerprint density at radius 2 is 2.04 bits per heavy atom. The molecule has 0 bridgehead atoms. The first-order valence-electron chi connectivity index (χ1n) is 8.88. The second-order valence-corrected chi connectivity index (χ2v) is 6.32. The predicted octanol–water partition coefficient (Wildman–Crippen LogP) is 2.05. The molecule has 9 heteroatoms. The van der Waals surface area contributed by atoms with Crippen molar-refractivity contribution >= 4 is 22.7 Å². The topological polar surface area (TPSA) is 123 Å². The number of benzene rings is 1. The van der Waals surface area contributed by atoms with E-state index in [1.165, 1.54) is 6.33 Å². The molecule has 3 heterocycles. The fourth-order valence-electron chi connectivity index (χ4n) is 3.11. The Morgan fingerprint density at radius 1 is 1.21 bits per heavy atom. The van der Waals surface area contributed by atoms with E-state index in [0.717, 1.165) is 29.0 Å². The smallest absolute Gasteiger partial charge is 0.163 e. The first-order valence-corrected chi connectivity index (χ1v) is 8.88. The molecule has 140 valence electrons. The lowest BCUT2D eigenvalue weighted by atomic mass is 10.1. The zero-order valence-corrected chi connectivity index (χ0v) is 15.4. The summed E-state index contributed by atoms with van der Waals surface area (Å²) in [6.07, 6.45) is 4.66. The zero-order chi connectivity index (χ0) is 19.5. The van der Waals surface area contributed by atoms with Crippen LogP contribution in [0.15, 0.2) is 42.9 Å². The fraction of sp³-hybridized carbons (Fsp3) is 0.211. The number of nitrogens with zero attached hydrogens (tertiary/aromatic N) is 7. The van der Waals surface area contributed by atoms with Gasteiger partial charge in [-0.25, -0.2) is 14.6 Å². The van der Waals surface area contributed by atoms with Gasteiger partial charge >= 0.3 is 0 Å². The lowest BCUT2D eigenvalue weighted by molar-refractivity contribution is 0.784. The van der Waals surface area contributed by atoms with Gasteiger partial charge in [-0.05, 0) is 25.0 Å². The lowest BCUT2D eigenvalue weighted by Crippen LogP contribution is -2.06. The molecule has 0 saturated carbocycles. The summed E-state index contributed by atoms with van der Waals surface area (Å²) in [6.45, 7) is 0.671. The zero-order valence-electron chi connectivity index (χ0n) is 15.4. The van der Waals surface area contributed by atoms with Gasteiger partial charge in [0.1, 0.15) is 29.6 Å². The quantitative estimate of drug-likeness (QED) is 0.496. The molecule has 0 unspecified atom stereocenters. The van der Waals surface area contributed by atoms with Crippen LogP contribution in [0, 0.1) is 11.3 Å². The Balaban J connectivity index is 1.46. The Labute approximate surface area is 161 Å². The van der Waals surface area contributed by atoms with Crippen LogP contribution < -0.4 is 11.1 Å². The molecule has 0 aliphatic rings. The molecule has 1 aromatic carbocycles. The number of fused-ring (bicyclic) bond motifs is 1. The number of anilines is 2. The highest BCUT2D eigenvalue weighted by molar-refractivity contribution is 5.85. The summed E-state index contributed by atoms with van der Waals surface area (Å²) in [6, 6.07) is 11.7. The third kappa shape index (κ3) is 3.12. The highest BCUT2D eigenvalue weighted by Gasteiger charge is 2.16. The van der Waals surface area contributed by atoms with Gasteiger partial charge in [-0.15, -0.1) is 0 Å². The number of nitrogen functional groups attached to an aromatic ring is 1. The van der Waals surface area contributed by atoms with Crippen molar-refractivity contribution in [3.05, 3.63) is 54.1 Å². The van der Waals surface area contributed by atoms with Crippen molar-refractivity contribution in [3.8, 4) is 11.8 Å². The van der Waals surface area contributed by atoms with Crippen molar-refractivity contribution in [2.24, 2.45) is 7.05 Å². The largest absolute Gasteiger partial charge is 0.382 e. The minimum absolute atomic E-state index is 0.365. The highest BCUT2D eigenvalue weighted by Crippen LogP contribution is 2.22. The monoisotopic (exact) mass is 373 g/mol. The lowest BCUT2D eigenvalue weighted by Gasteiger charge is -2.05. The summed E-state index contributed by atoms with van der Waals surface area (Å²) in [5.74, 6) is 1.11. The minimum Gasteiger partial charge on any atom is -0.382 e. The average molecular weight is 373 g/mol. The molecular formula is C19H19N9. The van der Waals surface area contributed by atoms with E-state index >= 15 is 0 Å². The minimum atomic E-state index is 0.365. The molecule has 9 nitrogen and oxygen atoms in total. The molecule has 0 aliphatic heterocycles. The SMILES string of the molecule is Cn1ncc2c(NCCCc3nn(-c4ccccc4)c(N)c3C#N)ncnc21. The number of aryl methyl sites for hydroxylation is 2. The van der Waals surface area contributed by atoms with Crippen LogP contribution in [0.4, 0.5) is 11.6 Å². The number of nitrogens with one attached hydrogen (secondary N) is 1. The maximum atomic E-state index is 9.49. The van der Waals surface area contributed by atoms with Gasteiger partial charge in [0, 0.05) is 13.6 Å². The number of hydrogen-bond donors (Lipinski definition) is 2. The van der Waals surface area contributed by atoms with Crippen molar-refractivity contribution < 1.29 is 0 Å². The summed E-state index contributed by atoms with van der Waals surface area (Å²) < 4.78 is 3.32. The molecule has 4 rings (SSSR count). The van der Waals surface area contributed by atoms with Crippen LogP contribution in [-0.4, -0.2) is 36.1 Å². The second-order valence-electron chi connectivity index (χ2n) is 6.32. The molecule has 3 N–H and O–H groups in total. The molecule has 0 aliphatic carbocycles. The molecule has 28 heavy (non-hydrogen) atoms. The molecule has 0 fully saturated rings. The van der Waals surface area contributed by atoms with Crippen molar-refractivity contribution in [3.63, 3.8) is 0 Å². The van der Waals surface area contributed by atoms with Gasteiger partial charge < -0.3 is 11.1 Å². The molecule has 4 aromatic rings. The van der Waals surface area contributed by atoms with E-state index in [2.05, 4.69) is 31.6 Å². The summed E-state index contributed by atoms with van der Waals surface area (Å²) >= 11 is 0.